The van der Waals surface area contributed by atoms with E-state index in [1.807, 2.05) is 26.1 Å². The van der Waals surface area contributed by atoms with Crippen LogP contribution in [0.3, 0.4) is 0 Å². The summed E-state index contributed by atoms with van der Waals surface area (Å²) in [5, 5.41) is 12.8. The fourth-order valence-corrected chi connectivity index (χ4v) is 6.89. The molecule has 8 nitrogen and oxygen atoms in total. The molecule has 0 aliphatic heterocycles. The van der Waals surface area contributed by atoms with Gasteiger partial charge in [-0.3, -0.25) is 9.67 Å². The van der Waals surface area contributed by atoms with E-state index in [0.717, 1.165) is 53.0 Å². The Morgan fingerprint density at radius 3 is 2.65 bits per heavy atom. The molecule has 1 atom stereocenters. The second kappa shape index (κ2) is 9.59. The number of sulfonamides is 1. The zero-order valence-corrected chi connectivity index (χ0v) is 23.2. The molecule has 37 heavy (non-hydrogen) atoms. The van der Waals surface area contributed by atoms with Gasteiger partial charge >= 0.3 is 0 Å². The van der Waals surface area contributed by atoms with Gasteiger partial charge in [-0.25, -0.2) is 17.5 Å². The lowest BCUT2D eigenvalue weighted by Gasteiger charge is -2.29. The monoisotopic (exact) mass is 544 g/mol. The Morgan fingerprint density at radius 2 is 2.00 bits per heavy atom. The average Bonchev–Trinajstić information content (AvgIpc) is 3.60. The molecular weight excluding hydrogens is 511 g/mol. The highest BCUT2D eigenvalue weighted by molar-refractivity contribution is 7.89. The second-order valence-electron chi connectivity index (χ2n) is 10.8. The quantitative estimate of drug-likeness (QED) is 0.386. The zero-order chi connectivity index (χ0) is 26.5. The lowest BCUT2D eigenvalue weighted by atomic mass is 9.86. The predicted octanol–water partition coefficient (Wildman–Crippen LogP) is 4.02. The third-order valence-corrected chi connectivity index (χ3v) is 8.68. The van der Waals surface area contributed by atoms with Crippen molar-refractivity contribution in [2.75, 3.05) is 11.9 Å². The first-order valence-electron chi connectivity index (χ1n) is 12.6. The Labute approximate surface area is 222 Å². The summed E-state index contributed by atoms with van der Waals surface area (Å²) in [6, 6.07) is 5.81. The largest absolute Gasteiger partial charge is 0.359 e. The summed E-state index contributed by atoms with van der Waals surface area (Å²) < 4.78 is 46.0. The number of benzene rings is 1. The van der Waals surface area contributed by atoms with Crippen molar-refractivity contribution in [3.8, 4) is 0 Å². The van der Waals surface area contributed by atoms with Gasteiger partial charge in [0, 0.05) is 54.3 Å². The number of aryl methyl sites for hydroxylation is 3. The summed E-state index contributed by atoms with van der Waals surface area (Å²) in [7, 11) is -2.15. The topological polar surface area (TPSA) is 101 Å². The van der Waals surface area contributed by atoms with E-state index in [1.54, 1.807) is 10.9 Å². The summed E-state index contributed by atoms with van der Waals surface area (Å²) in [4.78, 5) is 4.85. The van der Waals surface area contributed by atoms with E-state index in [2.05, 4.69) is 31.5 Å². The molecule has 5 rings (SSSR count). The second-order valence-corrected chi connectivity index (χ2v) is 12.9. The summed E-state index contributed by atoms with van der Waals surface area (Å²) in [5.41, 5.74) is 1.85. The Morgan fingerprint density at radius 1 is 1.24 bits per heavy atom. The molecule has 0 bridgehead atoms. The van der Waals surface area contributed by atoms with E-state index in [0.29, 0.717) is 29.3 Å². The van der Waals surface area contributed by atoms with Crippen LogP contribution in [0.1, 0.15) is 61.5 Å². The number of halogens is 1. The minimum Gasteiger partial charge on any atom is -0.359 e. The maximum atomic E-state index is 14.3. The van der Waals surface area contributed by atoms with Crippen molar-refractivity contribution in [3.05, 3.63) is 46.9 Å². The molecule has 3 aromatic rings. The minimum atomic E-state index is -3.99. The highest BCUT2D eigenvalue weighted by atomic mass is 32.2. The number of aromatic nitrogens is 3. The van der Waals surface area contributed by atoms with Gasteiger partial charge in [0.1, 0.15) is 11.5 Å². The van der Waals surface area contributed by atoms with Gasteiger partial charge in [-0.1, -0.05) is 0 Å². The number of alkyl halides is 1. The number of hydrogen-bond acceptors (Lipinski definition) is 5. The highest BCUT2D eigenvalue weighted by Crippen LogP contribution is 2.41. The van der Waals surface area contributed by atoms with Crippen LogP contribution in [0.2, 0.25) is 0 Å². The van der Waals surface area contributed by atoms with Crippen LogP contribution < -0.4 is 15.4 Å². The molecule has 198 valence electrons. The van der Waals surface area contributed by atoms with E-state index >= 15 is 0 Å². The van der Waals surface area contributed by atoms with Crippen LogP contribution in [0.15, 0.2) is 29.3 Å². The molecule has 1 saturated carbocycles. The number of nitrogens with one attached hydrogen (secondary N) is 3. The van der Waals surface area contributed by atoms with Gasteiger partial charge in [-0.05, 0) is 88.4 Å². The number of anilines is 1. The van der Waals surface area contributed by atoms with Crippen LogP contribution in [0.25, 0.3) is 10.8 Å². The van der Waals surface area contributed by atoms with Crippen molar-refractivity contribution in [1.82, 2.24) is 24.8 Å². The van der Waals surface area contributed by atoms with Gasteiger partial charge in [0.2, 0.25) is 10.0 Å². The van der Waals surface area contributed by atoms with Crippen LogP contribution in [-0.4, -0.2) is 46.6 Å². The van der Waals surface area contributed by atoms with Gasteiger partial charge in [-0.2, -0.15) is 5.10 Å². The molecule has 0 amide bonds. The summed E-state index contributed by atoms with van der Waals surface area (Å²) in [6.45, 7) is 4.33. The first-order chi connectivity index (χ1) is 17.4. The smallest absolute Gasteiger partial charge is 0.241 e. The molecule has 0 saturated heterocycles. The number of hydrogen-bond donors (Lipinski definition) is 3. The molecule has 2 aliphatic rings. The van der Waals surface area contributed by atoms with Gasteiger partial charge in [0.25, 0.3) is 0 Å². The van der Waals surface area contributed by atoms with Crippen molar-refractivity contribution in [2.24, 2.45) is 7.05 Å². The van der Waals surface area contributed by atoms with Crippen LogP contribution in [0.4, 0.5) is 10.2 Å². The highest BCUT2D eigenvalue weighted by Gasteiger charge is 2.32. The van der Waals surface area contributed by atoms with Crippen LogP contribution in [0.5, 0.6) is 0 Å². The normalized spacial score (nSPS) is 18.0. The number of thiocarbonyl (C=S) groups is 1. The maximum Gasteiger partial charge on any atom is 0.241 e. The van der Waals surface area contributed by atoms with E-state index < -0.39 is 15.7 Å². The van der Waals surface area contributed by atoms with E-state index in [-0.39, 0.29) is 17.5 Å². The van der Waals surface area contributed by atoms with Crippen LogP contribution in [-0.2, 0) is 29.9 Å². The SMILES string of the molecule is Cc1cc(NC(=S)NC2CCc3cc4cnc(C5CC5)cc4c(S(=O)(=O)NCC(C)(C)F)c3C2)n(C)n1. The third-order valence-electron chi connectivity index (χ3n) is 6.93. The van der Waals surface area contributed by atoms with Crippen molar-refractivity contribution in [3.63, 3.8) is 0 Å². The van der Waals surface area contributed by atoms with Crippen molar-refractivity contribution < 1.29 is 12.8 Å². The Hall–Kier alpha value is -2.63. The lowest BCUT2D eigenvalue weighted by molar-refractivity contribution is 0.221. The molecule has 1 fully saturated rings. The third kappa shape index (κ3) is 5.78. The molecule has 0 spiro atoms. The fourth-order valence-electron chi connectivity index (χ4n) is 4.94. The summed E-state index contributed by atoms with van der Waals surface area (Å²) in [6.07, 6.45) is 5.87. The molecule has 3 N–H and O–H groups in total. The molecule has 2 aromatic heterocycles. The summed E-state index contributed by atoms with van der Waals surface area (Å²) in [5.74, 6) is 1.15. The molecule has 0 radical (unpaired) electrons. The van der Waals surface area contributed by atoms with Crippen molar-refractivity contribution in [2.45, 2.75) is 75.4 Å². The first kappa shape index (κ1) is 26.0. The molecule has 1 aromatic carbocycles. The van der Waals surface area contributed by atoms with Crippen molar-refractivity contribution >= 4 is 43.9 Å². The van der Waals surface area contributed by atoms with E-state index in [4.69, 9.17) is 12.2 Å². The fraction of sp³-hybridized carbons (Fsp3) is 0.500. The van der Waals surface area contributed by atoms with Gasteiger partial charge in [0.15, 0.2) is 5.11 Å². The molecule has 2 aliphatic carbocycles. The maximum absolute atomic E-state index is 14.3. The standard InChI is InChI=1S/C26H33FN6O2S2/c1-15-9-23(33(4)32-15)31-25(36)30-19-8-7-17-10-18-13-28-22(16-5-6-16)12-21(18)24(20(17)11-19)37(34,35)29-14-26(2,3)27/h9-10,12-13,16,19,29H,5-8,11,14H2,1-4H3,(H2,30,31,36). The average molecular weight is 545 g/mol. The Bertz CT molecular complexity index is 1470. The van der Waals surface area contributed by atoms with E-state index in [1.165, 1.54) is 13.8 Å². The number of nitrogens with zero attached hydrogens (tertiary/aromatic N) is 3. The van der Waals surface area contributed by atoms with Crippen LogP contribution in [0, 0.1) is 6.92 Å². The van der Waals surface area contributed by atoms with Gasteiger partial charge < -0.3 is 10.6 Å². The number of fused-ring (bicyclic) bond motifs is 2. The van der Waals surface area contributed by atoms with E-state index in [9.17, 15) is 12.8 Å². The molecule has 11 heteroatoms. The van der Waals surface area contributed by atoms with Crippen molar-refractivity contribution in [1.29, 1.82) is 0 Å². The first-order valence-corrected chi connectivity index (χ1v) is 14.5. The Kier molecular flexibility index (Phi) is 6.74. The minimum absolute atomic E-state index is 0.0596. The zero-order valence-electron chi connectivity index (χ0n) is 21.6. The molecule has 1 unspecified atom stereocenters. The Balaban J connectivity index is 1.49. The predicted molar refractivity (Wildman–Crippen MR) is 147 cm³/mol. The summed E-state index contributed by atoms with van der Waals surface area (Å²) >= 11 is 5.56. The lowest BCUT2D eigenvalue weighted by Crippen LogP contribution is -2.42. The molecule has 2 heterocycles. The van der Waals surface area contributed by atoms with Gasteiger partial charge in [0.05, 0.1) is 10.6 Å². The molecular formula is C26H33FN6O2S2. The van der Waals surface area contributed by atoms with Crippen LogP contribution >= 0.6 is 12.2 Å². The number of pyridine rings is 1. The number of rotatable bonds is 7. The van der Waals surface area contributed by atoms with Gasteiger partial charge in [-0.15, -0.1) is 0 Å².